The molecular formula is C20H22N2O. The SMILES string of the molecule is Cc1ccc(N=C2C(=O)N(CCC(C)C)c3ccccc32)cc1. The smallest absolute Gasteiger partial charge is 0.277 e. The van der Waals surface area contributed by atoms with Gasteiger partial charge in [0.2, 0.25) is 0 Å². The summed E-state index contributed by atoms with van der Waals surface area (Å²) in [6.45, 7) is 7.13. The third-order valence-corrected chi connectivity index (χ3v) is 4.10. The van der Waals surface area contributed by atoms with E-state index in [1.165, 1.54) is 5.56 Å². The number of hydrogen-bond acceptors (Lipinski definition) is 2. The lowest BCUT2D eigenvalue weighted by molar-refractivity contribution is -0.112. The average Bonchev–Trinajstić information content (AvgIpc) is 2.80. The normalized spacial score (nSPS) is 15.6. The Morgan fingerprint density at radius 3 is 2.43 bits per heavy atom. The molecule has 3 rings (SSSR count). The Labute approximate surface area is 137 Å². The maximum Gasteiger partial charge on any atom is 0.277 e. The number of para-hydroxylation sites is 1. The summed E-state index contributed by atoms with van der Waals surface area (Å²) in [5.74, 6) is 0.570. The van der Waals surface area contributed by atoms with Crippen LogP contribution in [0.3, 0.4) is 0 Å². The van der Waals surface area contributed by atoms with Crippen molar-refractivity contribution < 1.29 is 4.79 Å². The molecule has 0 N–H and O–H groups in total. The molecule has 118 valence electrons. The molecule has 0 saturated heterocycles. The van der Waals surface area contributed by atoms with E-state index in [9.17, 15) is 4.79 Å². The fourth-order valence-corrected chi connectivity index (χ4v) is 2.73. The average molecular weight is 306 g/mol. The molecule has 0 fully saturated rings. The molecule has 0 unspecified atom stereocenters. The second-order valence-electron chi connectivity index (χ2n) is 6.45. The van der Waals surface area contributed by atoms with Crippen molar-refractivity contribution in [2.75, 3.05) is 11.4 Å². The summed E-state index contributed by atoms with van der Waals surface area (Å²) in [5, 5.41) is 0. The summed E-state index contributed by atoms with van der Waals surface area (Å²) in [6.07, 6.45) is 0.984. The van der Waals surface area contributed by atoms with Gasteiger partial charge in [-0.2, -0.15) is 0 Å². The zero-order chi connectivity index (χ0) is 16.4. The molecule has 1 aliphatic heterocycles. The van der Waals surface area contributed by atoms with Gasteiger partial charge in [-0.05, 0) is 37.5 Å². The van der Waals surface area contributed by atoms with Gasteiger partial charge in [-0.3, -0.25) is 4.79 Å². The predicted octanol–water partition coefficient (Wildman–Crippen LogP) is 4.51. The lowest BCUT2D eigenvalue weighted by atomic mass is 10.1. The Morgan fingerprint density at radius 1 is 1.04 bits per heavy atom. The van der Waals surface area contributed by atoms with Gasteiger partial charge in [0.15, 0.2) is 0 Å². The van der Waals surface area contributed by atoms with E-state index < -0.39 is 0 Å². The van der Waals surface area contributed by atoms with Gasteiger partial charge in [-0.25, -0.2) is 4.99 Å². The van der Waals surface area contributed by atoms with Gasteiger partial charge in [0.05, 0.1) is 11.4 Å². The van der Waals surface area contributed by atoms with Gasteiger partial charge >= 0.3 is 0 Å². The standard InChI is InChI=1S/C20H22N2O/c1-14(2)12-13-22-18-7-5-4-6-17(18)19(20(22)23)21-16-10-8-15(3)9-11-16/h4-11,14H,12-13H2,1-3H3. The Morgan fingerprint density at radius 2 is 1.74 bits per heavy atom. The second-order valence-corrected chi connectivity index (χ2v) is 6.45. The van der Waals surface area contributed by atoms with Crippen molar-refractivity contribution in [1.29, 1.82) is 0 Å². The van der Waals surface area contributed by atoms with Crippen LogP contribution in [0.1, 0.15) is 31.4 Å². The molecule has 0 saturated carbocycles. The Kier molecular flexibility index (Phi) is 4.28. The second kappa shape index (κ2) is 6.37. The van der Waals surface area contributed by atoms with Crippen molar-refractivity contribution in [3.05, 3.63) is 59.7 Å². The monoisotopic (exact) mass is 306 g/mol. The highest BCUT2D eigenvalue weighted by molar-refractivity contribution is 6.54. The number of amides is 1. The predicted molar refractivity (Wildman–Crippen MR) is 95.6 cm³/mol. The first-order chi connectivity index (χ1) is 11.1. The van der Waals surface area contributed by atoms with Crippen LogP contribution in [0.15, 0.2) is 53.5 Å². The van der Waals surface area contributed by atoms with Crippen molar-refractivity contribution in [2.45, 2.75) is 27.2 Å². The minimum absolute atomic E-state index is 0.00688. The van der Waals surface area contributed by atoms with Gasteiger partial charge in [-0.15, -0.1) is 0 Å². The largest absolute Gasteiger partial charge is 0.306 e. The molecule has 0 bridgehead atoms. The first-order valence-corrected chi connectivity index (χ1v) is 8.13. The van der Waals surface area contributed by atoms with Crippen LogP contribution in [-0.2, 0) is 4.79 Å². The van der Waals surface area contributed by atoms with Crippen molar-refractivity contribution in [3.63, 3.8) is 0 Å². The molecular weight excluding hydrogens is 284 g/mol. The molecule has 2 aromatic carbocycles. The molecule has 2 aromatic rings. The molecule has 0 atom stereocenters. The minimum atomic E-state index is 0.00688. The number of carbonyl (C=O) groups excluding carboxylic acids is 1. The molecule has 0 aliphatic carbocycles. The van der Waals surface area contributed by atoms with Crippen LogP contribution in [-0.4, -0.2) is 18.2 Å². The van der Waals surface area contributed by atoms with Crippen molar-refractivity contribution >= 4 is 23.0 Å². The van der Waals surface area contributed by atoms with Crippen LogP contribution >= 0.6 is 0 Å². The van der Waals surface area contributed by atoms with Gasteiger partial charge in [0, 0.05) is 12.1 Å². The minimum Gasteiger partial charge on any atom is -0.306 e. The fraction of sp³-hybridized carbons (Fsp3) is 0.300. The number of hydrogen-bond donors (Lipinski definition) is 0. The molecule has 0 aromatic heterocycles. The van der Waals surface area contributed by atoms with Crippen LogP contribution in [0.4, 0.5) is 11.4 Å². The summed E-state index contributed by atoms with van der Waals surface area (Å²) in [5.41, 5.74) is 4.46. The van der Waals surface area contributed by atoms with Crippen molar-refractivity contribution in [3.8, 4) is 0 Å². The molecule has 1 amide bonds. The van der Waals surface area contributed by atoms with E-state index in [1.54, 1.807) is 0 Å². The topological polar surface area (TPSA) is 32.7 Å². The van der Waals surface area contributed by atoms with Crippen molar-refractivity contribution in [2.24, 2.45) is 10.9 Å². The first kappa shape index (κ1) is 15.5. The van der Waals surface area contributed by atoms with Crippen LogP contribution in [0.25, 0.3) is 0 Å². The van der Waals surface area contributed by atoms with E-state index in [1.807, 2.05) is 60.4 Å². The molecule has 0 radical (unpaired) electrons. The van der Waals surface area contributed by atoms with E-state index in [-0.39, 0.29) is 5.91 Å². The lowest BCUT2D eigenvalue weighted by Crippen LogP contribution is -2.31. The van der Waals surface area contributed by atoms with Gasteiger partial charge in [0.1, 0.15) is 5.71 Å². The fourth-order valence-electron chi connectivity index (χ4n) is 2.73. The summed E-state index contributed by atoms with van der Waals surface area (Å²) in [7, 11) is 0. The molecule has 1 heterocycles. The lowest BCUT2D eigenvalue weighted by Gasteiger charge is -2.17. The van der Waals surface area contributed by atoms with Gasteiger partial charge in [-0.1, -0.05) is 49.7 Å². The van der Waals surface area contributed by atoms with E-state index in [0.717, 1.165) is 29.9 Å². The molecule has 3 heteroatoms. The van der Waals surface area contributed by atoms with Crippen LogP contribution in [0, 0.1) is 12.8 Å². The van der Waals surface area contributed by atoms with E-state index in [2.05, 4.69) is 18.8 Å². The van der Waals surface area contributed by atoms with Gasteiger partial charge in [0.25, 0.3) is 5.91 Å². The molecule has 23 heavy (non-hydrogen) atoms. The van der Waals surface area contributed by atoms with Crippen LogP contribution in [0.5, 0.6) is 0 Å². The Hall–Kier alpha value is -2.42. The third-order valence-electron chi connectivity index (χ3n) is 4.10. The van der Waals surface area contributed by atoms with E-state index in [4.69, 9.17) is 0 Å². The number of rotatable bonds is 4. The van der Waals surface area contributed by atoms with Gasteiger partial charge < -0.3 is 4.90 Å². The van der Waals surface area contributed by atoms with Crippen LogP contribution < -0.4 is 4.90 Å². The van der Waals surface area contributed by atoms with Crippen molar-refractivity contribution in [1.82, 2.24) is 0 Å². The number of aliphatic imine (C=N–C) groups is 1. The molecule has 1 aliphatic rings. The maximum absolute atomic E-state index is 12.8. The summed E-state index contributed by atoms with van der Waals surface area (Å²) in [6, 6.07) is 15.9. The quantitative estimate of drug-likeness (QED) is 0.818. The summed E-state index contributed by atoms with van der Waals surface area (Å²) >= 11 is 0. The van der Waals surface area contributed by atoms with E-state index in [0.29, 0.717) is 11.6 Å². The van der Waals surface area contributed by atoms with Crippen LogP contribution in [0.2, 0.25) is 0 Å². The highest BCUT2D eigenvalue weighted by Gasteiger charge is 2.33. The Bertz CT molecular complexity index is 744. The number of carbonyl (C=O) groups is 1. The molecule has 0 spiro atoms. The number of aryl methyl sites for hydroxylation is 1. The number of nitrogens with zero attached hydrogens (tertiary/aromatic N) is 2. The number of anilines is 1. The first-order valence-electron chi connectivity index (χ1n) is 8.13. The highest BCUT2D eigenvalue weighted by Crippen LogP contribution is 2.31. The van der Waals surface area contributed by atoms with E-state index >= 15 is 0 Å². The zero-order valence-electron chi connectivity index (χ0n) is 13.9. The summed E-state index contributed by atoms with van der Waals surface area (Å²) in [4.78, 5) is 19.3. The maximum atomic E-state index is 12.8. The zero-order valence-corrected chi connectivity index (χ0v) is 13.9. The number of benzene rings is 2. The summed E-state index contributed by atoms with van der Waals surface area (Å²) < 4.78 is 0. The highest BCUT2D eigenvalue weighted by atomic mass is 16.2. The number of fused-ring (bicyclic) bond motifs is 1. The molecule has 3 nitrogen and oxygen atoms in total. The Balaban J connectivity index is 1.98. The third kappa shape index (κ3) is 3.19.